The van der Waals surface area contributed by atoms with E-state index in [1.807, 2.05) is 38.1 Å². The minimum absolute atomic E-state index is 0.00966. The SMILES string of the molecule is CC(C)C[C@H](NC(=O)CNC(=O)[C@H](Cc1ccc(O)cc1)NC(=O)[C@H](CO)NC(=O)[C@H](Cc1c[nH]c2ccccc12)NC(=O)[C@H](Cc1cnc[nH]1)NC(=O)[C@@H]1CCC(=O)N1)C(=O)OCc1ccccc1. The minimum atomic E-state index is -1.68. The number of hydrogen-bond acceptors (Lipinski definition) is 12. The number of aromatic hydroxyl groups is 1. The van der Waals surface area contributed by atoms with Gasteiger partial charge in [0, 0.05) is 54.7 Å². The third-order valence-electron chi connectivity index (χ3n) is 11.5. The quantitative estimate of drug-likeness (QED) is 0.0371. The molecule has 6 atom stereocenters. The maximum Gasteiger partial charge on any atom is 0.328 e. The van der Waals surface area contributed by atoms with E-state index in [0.29, 0.717) is 16.8 Å². The zero-order valence-corrected chi connectivity index (χ0v) is 38.7. The second-order valence-electron chi connectivity index (χ2n) is 17.4. The summed E-state index contributed by atoms with van der Waals surface area (Å²) in [6, 6.07) is 14.4. The number of hydrogen-bond donors (Lipinski definition) is 11. The largest absolute Gasteiger partial charge is 0.508 e. The summed E-state index contributed by atoms with van der Waals surface area (Å²) < 4.78 is 5.47. The Morgan fingerprint density at radius 3 is 2.04 bits per heavy atom. The van der Waals surface area contributed by atoms with Gasteiger partial charge in [-0.2, -0.15) is 0 Å². The number of ether oxygens (including phenoxy) is 1. The van der Waals surface area contributed by atoms with E-state index in [0.717, 1.165) is 16.5 Å². The standard InChI is InChI=1S/C49H58N10O11/c1-28(2)18-40(49(69)70-26-30-8-4-3-5-9-30)55-43(63)24-52-44(64)37(19-29-12-14-33(61)15-13-29)56-48(68)41(25-60)59-46(66)38(20-31-22-51-35-11-7-6-10-34(31)35)57-47(67)39(21-32-23-50-27-53-32)58-45(65)36-16-17-42(62)54-36/h3-15,22-23,27-28,36-41,51,60-61H,16-21,24-26H2,1-2H3,(H,50,53)(H,52,64)(H,54,62)(H,55,63)(H,56,68)(H,57,67)(H,58,65)(H,59,66)/t36-,37-,38-,39-,40-,41-/m0/s1. The van der Waals surface area contributed by atoms with Crippen LogP contribution in [0.3, 0.4) is 0 Å². The summed E-state index contributed by atoms with van der Waals surface area (Å²) in [4.78, 5) is 118. The molecule has 11 N–H and O–H groups in total. The van der Waals surface area contributed by atoms with Crippen molar-refractivity contribution >= 4 is 58.2 Å². The van der Waals surface area contributed by atoms with Crippen molar-refractivity contribution in [2.75, 3.05) is 13.2 Å². The summed E-state index contributed by atoms with van der Waals surface area (Å²) in [6.07, 6.45) is 4.75. The van der Waals surface area contributed by atoms with Crippen molar-refractivity contribution in [3.05, 3.63) is 120 Å². The van der Waals surface area contributed by atoms with Crippen molar-refractivity contribution in [1.82, 2.24) is 52.2 Å². The highest BCUT2D eigenvalue weighted by atomic mass is 16.5. The highest BCUT2D eigenvalue weighted by Gasteiger charge is 2.35. The Hall–Kier alpha value is -8.07. The molecule has 0 spiro atoms. The summed E-state index contributed by atoms with van der Waals surface area (Å²) in [5, 5.41) is 39.3. The lowest BCUT2D eigenvalue weighted by atomic mass is 10.0. The molecule has 1 saturated heterocycles. The first-order valence-corrected chi connectivity index (χ1v) is 22.8. The Balaban J connectivity index is 1.16. The van der Waals surface area contributed by atoms with Crippen molar-refractivity contribution in [1.29, 1.82) is 0 Å². The molecule has 2 aromatic heterocycles. The van der Waals surface area contributed by atoms with Crippen LogP contribution in [0.15, 0.2) is 97.6 Å². The van der Waals surface area contributed by atoms with Crippen molar-refractivity contribution in [2.24, 2.45) is 5.92 Å². The van der Waals surface area contributed by atoms with E-state index >= 15 is 0 Å². The molecule has 0 aliphatic carbocycles. The maximum absolute atomic E-state index is 14.3. The first-order valence-electron chi connectivity index (χ1n) is 22.8. The molecule has 1 aliphatic rings. The minimum Gasteiger partial charge on any atom is -0.508 e. The second-order valence-corrected chi connectivity index (χ2v) is 17.4. The summed E-state index contributed by atoms with van der Waals surface area (Å²) in [5.74, 6) is -5.90. The lowest BCUT2D eigenvalue weighted by Gasteiger charge is -2.26. The molecule has 70 heavy (non-hydrogen) atoms. The molecule has 21 nitrogen and oxygen atoms in total. The van der Waals surface area contributed by atoms with Gasteiger partial charge < -0.3 is 62.1 Å². The molecule has 7 amide bonds. The Bertz CT molecular complexity index is 2600. The van der Waals surface area contributed by atoms with Crippen molar-refractivity contribution in [3.63, 3.8) is 0 Å². The number of benzene rings is 3. The monoisotopic (exact) mass is 962 g/mol. The van der Waals surface area contributed by atoms with Gasteiger partial charge in [-0.15, -0.1) is 0 Å². The number of H-pyrrole nitrogens is 2. The van der Waals surface area contributed by atoms with Gasteiger partial charge in [0.25, 0.3) is 0 Å². The van der Waals surface area contributed by atoms with E-state index in [1.54, 1.807) is 36.5 Å². The number of imidazole rings is 1. The van der Waals surface area contributed by atoms with E-state index < -0.39 is 90.8 Å². The fraction of sp³-hybridized carbons (Fsp3) is 0.367. The molecule has 21 heteroatoms. The molecule has 1 fully saturated rings. The predicted molar refractivity (Wildman–Crippen MR) is 253 cm³/mol. The number of aromatic nitrogens is 3. The number of esters is 1. The zero-order valence-electron chi connectivity index (χ0n) is 38.7. The number of carbonyl (C=O) groups is 8. The van der Waals surface area contributed by atoms with Gasteiger partial charge in [-0.1, -0.05) is 74.5 Å². The smallest absolute Gasteiger partial charge is 0.328 e. The number of phenolic OH excluding ortho intramolecular Hbond substituents is 1. The van der Waals surface area contributed by atoms with Gasteiger partial charge in [-0.05, 0) is 53.6 Å². The van der Waals surface area contributed by atoms with Gasteiger partial charge in [-0.3, -0.25) is 33.6 Å². The van der Waals surface area contributed by atoms with Crippen molar-refractivity contribution in [3.8, 4) is 5.75 Å². The number of fused-ring (bicyclic) bond motifs is 1. The first kappa shape index (κ1) is 51.3. The average molecular weight is 963 g/mol. The van der Waals surface area contributed by atoms with Crippen LogP contribution in [0.5, 0.6) is 5.75 Å². The van der Waals surface area contributed by atoms with Gasteiger partial charge >= 0.3 is 5.97 Å². The molecular weight excluding hydrogens is 905 g/mol. The first-order chi connectivity index (χ1) is 33.6. The number of nitrogens with one attached hydrogen (secondary N) is 9. The van der Waals surface area contributed by atoms with Crippen LogP contribution in [0.4, 0.5) is 0 Å². The molecule has 0 unspecified atom stereocenters. The van der Waals surface area contributed by atoms with Crippen LogP contribution >= 0.6 is 0 Å². The van der Waals surface area contributed by atoms with Crippen LogP contribution < -0.4 is 37.2 Å². The van der Waals surface area contributed by atoms with E-state index in [4.69, 9.17) is 4.74 Å². The molecule has 6 rings (SSSR count). The molecule has 0 radical (unpaired) electrons. The topological polar surface area (TPSA) is 315 Å². The highest BCUT2D eigenvalue weighted by molar-refractivity contribution is 5.98. The van der Waals surface area contributed by atoms with E-state index in [9.17, 15) is 48.6 Å². The Morgan fingerprint density at radius 2 is 1.39 bits per heavy atom. The fourth-order valence-electron chi connectivity index (χ4n) is 7.78. The van der Waals surface area contributed by atoms with Gasteiger partial charge in [0.2, 0.25) is 41.4 Å². The summed E-state index contributed by atoms with van der Waals surface area (Å²) in [5.41, 5.74) is 3.07. The van der Waals surface area contributed by atoms with E-state index in [-0.39, 0.29) is 62.7 Å². The summed E-state index contributed by atoms with van der Waals surface area (Å²) >= 11 is 0. The normalized spacial score (nSPS) is 15.4. The molecule has 5 aromatic rings. The molecule has 1 aliphatic heterocycles. The highest BCUT2D eigenvalue weighted by Crippen LogP contribution is 2.20. The zero-order chi connectivity index (χ0) is 50.2. The van der Waals surface area contributed by atoms with Gasteiger partial charge in [0.05, 0.1) is 19.5 Å². The van der Waals surface area contributed by atoms with E-state index in [1.165, 1.54) is 36.8 Å². The summed E-state index contributed by atoms with van der Waals surface area (Å²) in [6.45, 7) is 2.17. The Labute approximate surface area is 402 Å². The molecule has 0 saturated carbocycles. The number of amides is 7. The third kappa shape index (κ3) is 15.0. The van der Waals surface area contributed by atoms with Gasteiger partial charge in [-0.25, -0.2) is 9.78 Å². The number of aliphatic hydroxyl groups excluding tert-OH is 1. The fourth-order valence-corrected chi connectivity index (χ4v) is 7.78. The maximum atomic E-state index is 14.3. The summed E-state index contributed by atoms with van der Waals surface area (Å²) in [7, 11) is 0. The van der Waals surface area contributed by atoms with E-state index in [2.05, 4.69) is 52.2 Å². The van der Waals surface area contributed by atoms with Crippen LogP contribution in [0.1, 0.15) is 55.5 Å². The number of aliphatic hydroxyl groups is 1. The lowest BCUT2D eigenvalue weighted by molar-refractivity contribution is -0.149. The lowest BCUT2D eigenvalue weighted by Crippen LogP contribution is -2.60. The third-order valence-corrected chi connectivity index (χ3v) is 11.5. The van der Waals surface area contributed by atoms with Crippen molar-refractivity contribution in [2.45, 2.75) is 95.2 Å². The predicted octanol–water partition coefficient (Wildman–Crippen LogP) is 0.225. The Kier molecular flexibility index (Phi) is 18.2. The van der Waals surface area contributed by atoms with Crippen LogP contribution in [0.2, 0.25) is 0 Å². The number of carbonyl (C=O) groups excluding carboxylic acids is 8. The molecular formula is C49H58N10O11. The van der Waals surface area contributed by atoms with Crippen molar-refractivity contribution < 1.29 is 53.3 Å². The number of aromatic amines is 2. The Morgan fingerprint density at radius 1 is 0.729 bits per heavy atom. The average Bonchev–Trinajstić information content (AvgIpc) is 4.13. The second kappa shape index (κ2) is 24.8. The molecule has 3 aromatic carbocycles. The number of rotatable bonds is 24. The number of phenols is 1. The van der Waals surface area contributed by atoms with Gasteiger partial charge in [0.1, 0.15) is 48.6 Å². The van der Waals surface area contributed by atoms with Crippen LogP contribution in [-0.4, -0.2) is 122 Å². The van der Waals surface area contributed by atoms with Gasteiger partial charge in [0.15, 0.2) is 0 Å². The molecule has 0 bridgehead atoms. The van der Waals surface area contributed by atoms with Crippen LogP contribution in [-0.2, 0) is 69.0 Å². The number of nitrogens with zero attached hydrogens (tertiary/aromatic N) is 1. The molecule has 370 valence electrons. The molecule has 3 heterocycles. The number of para-hydroxylation sites is 1. The van der Waals surface area contributed by atoms with Crippen LogP contribution in [0.25, 0.3) is 10.9 Å². The van der Waals surface area contributed by atoms with Crippen LogP contribution in [0, 0.1) is 5.92 Å².